The fourth-order valence-corrected chi connectivity index (χ4v) is 3.35. The first-order valence-corrected chi connectivity index (χ1v) is 7.54. The highest BCUT2D eigenvalue weighted by Gasteiger charge is 2.28. The highest BCUT2D eigenvalue weighted by molar-refractivity contribution is 7.47. The summed E-state index contributed by atoms with van der Waals surface area (Å²) in [4.78, 5) is 11.2. The lowest BCUT2D eigenvalue weighted by atomic mass is 10.1. The van der Waals surface area contributed by atoms with Crippen LogP contribution in [0.1, 0.15) is 19.4 Å². The van der Waals surface area contributed by atoms with Gasteiger partial charge in [-0.2, -0.15) is 0 Å². The van der Waals surface area contributed by atoms with Gasteiger partial charge in [-0.25, -0.2) is 0 Å². The van der Waals surface area contributed by atoms with Crippen LogP contribution in [-0.2, 0) is 20.5 Å². The van der Waals surface area contributed by atoms with Gasteiger partial charge in [-0.05, 0) is 25.8 Å². The summed E-state index contributed by atoms with van der Waals surface area (Å²) in [6, 6.07) is 9.24. The van der Waals surface area contributed by atoms with Crippen LogP contribution >= 0.6 is 7.80 Å². The van der Waals surface area contributed by atoms with Crippen molar-refractivity contribution in [2.24, 2.45) is 0 Å². The van der Waals surface area contributed by atoms with E-state index in [-0.39, 0.29) is 6.42 Å². The summed E-state index contributed by atoms with van der Waals surface area (Å²) in [6.07, 6.45) is 0.283. The second-order valence-electron chi connectivity index (χ2n) is 4.08. The van der Waals surface area contributed by atoms with Crippen LogP contribution in [0.3, 0.4) is 0 Å². The monoisotopic (exact) mass is 270 g/mol. The van der Waals surface area contributed by atoms with Crippen LogP contribution in [0.15, 0.2) is 30.3 Å². The number of carbonyl (C=O) groups is 1. The van der Waals surface area contributed by atoms with Crippen molar-refractivity contribution >= 4 is 13.8 Å². The van der Waals surface area contributed by atoms with Gasteiger partial charge in [0, 0.05) is 6.61 Å². The molecule has 18 heavy (non-hydrogen) atoms. The third-order valence-corrected chi connectivity index (χ3v) is 4.85. The zero-order chi connectivity index (χ0) is 13.5. The van der Waals surface area contributed by atoms with Gasteiger partial charge in [0.1, 0.15) is 19.3 Å². The van der Waals surface area contributed by atoms with Gasteiger partial charge in [0.2, 0.25) is 0 Å². The van der Waals surface area contributed by atoms with E-state index in [9.17, 15) is 14.5 Å². The molecule has 1 aromatic carbocycles. The molecule has 0 radical (unpaired) electrons. The molecular weight excluding hydrogens is 251 g/mol. The molecule has 4 nitrogen and oxygen atoms in total. The van der Waals surface area contributed by atoms with Crippen LogP contribution in [0.5, 0.6) is 0 Å². The molecule has 0 fully saturated rings. The van der Waals surface area contributed by atoms with Gasteiger partial charge in [-0.15, -0.1) is 0 Å². The minimum absolute atomic E-state index is 0.283. The normalized spacial score (nSPS) is 15.9. The maximum Gasteiger partial charge on any atom is 0.314 e. The summed E-state index contributed by atoms with van der Waals surface area (Å²) < 4.78 is 17.4. The smallest absolute Gasteiger partial charge is 0.314 e. The van der Waals surface area contributed by atoms with Gasteiger partial charge in [-0.1, -0.05) is 30.3 Å². The molecule has 0 aromatic heterocycles. The fraction of sp³-hybridized carbons (Fsp3) is 0.462. The third-order valence-electron chi connectivity index (χ3n) is 2.74. The van der Waals surface area contributed by atoms with E-state index in [1.165, 1.54) is 0 Å². The molecule has 0 aliphatic carbocycles. The van der Waals surface area contributed by atoms with Crippen LogP contribution in [0, 0.1) is 0 Å². The van der Waals surface area contributed by atoms with Crippen molar-refractivity contribution in [3.05, 3.63) is 35.9 Å². The lowest BCUT2D eigenvalue weighted by Crippen LogP contribution is -2.23. The number of hydrogen-bond acceptors (Lipinski definition) is 3. The summed E-state index contributed by atoms with van der Waals surface area (Å²) in [5.41, 5.74) is 0.0194. The molecule has 0 heterocycles. The van der Waals surface area contributed by atoms with Crippen LogP contribution in [0.25, 0.3) is 0 Å². The largest absolute Gasteiger partial charge is 0.481 e. The van der Waals surface area contributed by atoms with Gasteiger partial charge < -0.3 is 14.4 Å². The molecular formula is C13H19O4P. The van der Waals surface area contributed by atoms with Crippen molar-refractivity contribution < 1.29 is 19.2 Å². The molecule has 1 N–H and O–H groups in total. The third kappa shape index (κ3) is 4.28. The van der Waals surface area contributed by atoms with Gasteiger partial charge in [0.25, 0.3) is 0 Å². The van der Waals surface area contributed by atoms with Crippen LogP contribution in [-0.4, -0.2) is 29.2 Å². The van der Waals surface area contributed by atoms with E-state index in [2.05, 4.69) is 0 Å². The second-order valence-corrected chi connectivity index (χ2v) is 6.40. The maximum absolute atomic E-state index is 12.2. The minimum Gasteiger partial charge on any atom is -0.481 e. The summed E-state index contributed by atoms with van der Waals surface area (Å²) >= 11 is 0. The molecule has 3 atom stereocenters. The van der Waals surface area contributed by atoms with Crippen molar-refractivity contribution in [1.29, 1.82) is 0 Å². The molecule has 0 aliphatic heterocycles. The first-order valence-electron chi connectivity index (χ1n) is 5.98. The quantitative estimate of drug-likeness (QED) is 0.773. The minimum atomic E-state index is -2.34. The molecule has 0 bridgehead atoms. The summed E-state index contributed by atoms with van der Waals surface area (Å²) in [7, 11) is -2.34. The second kappa shape index (κ2) is 7.34. The Balaban J connectivity index is 2.77. The summed E-state index contributed by atoms with van der Waals surface area (Å²) in [5.74, 6) is -1.51. The molecule has 1 rings (SSSR count). The van der Waals surface area contributed by atoms with Crippen molar-refractivity contribution in [2.45, 2.75) is 31.8 Å². The maximum atomic E-state index is 12.2. The Bertz CT molecular complexity index is 405. The lowest BCUT2D eigenvalue weighted by Gasteiger charge is -2.17. The lowest BCUT2D eigenvalue weighted by molar-refractivity contribution is -0.136. The molecule has 0 amide bonds. The molecule has 0 saturated heterocycles. The number of carboxylic acids is 1. The molecule has 1 aromatic rings. The van der Waals surface area contributed by atoms with Crippen LogP contribution in [0.2, 0.25) is 0 Å². The van der Waals surface area contributed by atoms with Crippen LogP contribution < -0.4 is 0 Å². The average Bonchev–Trinajstić information content (AvgIpc) is 2.36. The summed E-state index contributed by atoms with van der Waals surface area (Å²) in [6.45, 7) is 3.92. The molecule has 100 valence electrons. The Labute approximate surface area is 108 Å². The van der Waals surface area contributed by atoms with E-state index in [0.717, 1.165) is 5.56 Å². The van der Waals surface area contributed by atoms with Gasteiger partial charge in [0.15, 0.2) is 0 Å². The topological polar surface area (TPSA) is 63.6 Å². The predicted molar refractivity (Wildman–Crippen MR) is 71.7 cm³/mol. The number of carboxylic acid groups (broad SMARTS) is 1. The van der Waals surface area contributed by atoms with Crippen LogP contribution in [0.4, 0.5) is 0 Å². The Kier molecular flexibility index (Phi) is 6.10. The Hall–Kier alpha value is -1.12. The zero-order valence-electron chi connectivity index (χ0n) is 10.6. The highest BCUT2D eigenvalue weighted by atomic mass is 31.1. The fourth-order valence-electron chi connectivity index (χ4n) is 1.77. The van der Waals surface area contributed by atoms with E-state index in [4.69, 9.17) is 4.74 Å². The highest BCUT2D eigenvalue weighted by Crippen LogP contribution is 2.36. The standard InChI is InChI=1S/C13H19O4P/c1-3-17-10(2)18(16)12(13(14)15)9-11-7-5-4-6-8-11/h4-8,10,12,18H,3,9H2,1-2H3,(H,14,15). The Morgan fingerprint density at radius 3 is 2.50 bits per heavy atom. The van der Waals surface area contributed by atoms with Crippen molar-refractivity contribution in [2.75, 3.05) is 6.61 Å². The Morgan fingerprint density at radius 2 is 2.00 bits per heavy atom. The van der Waals surface area contributed by atoms with E-state index in [1.54, 1.807) is 13.8 Å². The van der Waals surface area contributed by atoms with Crippen molar-refractivity contribution in [3.8, 4) is 0 Å². The zero-order valence-corrected chi connectivity index (χ0v) is 11.6. The number of benzene rings is 1. The first kappa shape index (κ1) is 14.9. The number of hydrogen-bond donors (Lipinski definition) is 1. The van der Waals surface area contributed by atoms with Gasteiger partial charge in [-0.3, -0.25) is 4.79 Å². The number of ether oxygens (including phenoxy) is 1. The first-order chi connectivity index (χ1) is 8.56. The molecule has 0 saturated carbocycles. The molecule has 0 spiro atoms. The van der Waals surface area contributed by atoms with Gasteiger partial charge in [0.05, 0.1) is 0 Å². The number of aliphatic carboxylic acids is 1. The van der Waals surface area contributed by atoms with E-state index in [0.29, 0.717) is 6.61 Å². The van der Waals surface area contributed by atoms with E-state index >= 15 is 0 Å². The van der Waals surface area contributed by atoms with Crippen molar-refractivity contribution in [3.63, 3.8) is 0 Å². The van der Waals surface area contributed by atoms with E-state index in [1.807, 2.05) is 30.3 Å². The summed E-state index contributed by atoms with van der Waals surface area (Å²) in [5, 5.41) is 9.19. The van der Waals surface area contributed by atoms with E-state index < -0.39 is 25.3 Å². The number of rotatable bonds is 7. The molecule has 3 unspecified atom stereocenters. The Morgan fingerprint density at radius 1 is 1.39 bits per heavy atom. The SMILES string of the molecule is CCOC(C)[PH](=O)C(Cc1ccccc1)C(=O)O. The van der Waals surface area contributed by atoms with Crippen molar-refractivity contribution in [1.82, 2.24) is 0 Å². The predicted octanol–water partition coefficient (Wildman–Crippen LogP) is 2.62. The molecule has 0 aliphatic rings. The average molecular weight is 270 g/mol. The van der Waals surface area contributed by atoms with Gasteiger partial charge >= 0.3 is 5.97 Å². The molecule has 5 heteroatoms.